The van der Waals surface area contributed by atoms with Crippen LogP contribution in [-0.2, 0) is 12.8 Å². The van der Waals surface area contributed by atoms with Gasteiger partial charge in [0, 0.05) is 0 Å². The van der Waals surface area contributed by atoms with Crippen LogP contribution in [0.5, 0.6) is 0 Å². The van der Waals surface area contributed by atoms with Gasteiger partial charge in [-0.3, -0.25) is 0 Å². The van der Waals surface area contributed by atoms with E-state index in [-0.39, 0.29) is 0 Å². The van der Waals surface area contributed by atoms with E-state index in [1.54, 1.807) is 5.57 Å². The summed E-state index contributed by atoms with van der Waals surface area (Å²) in [7, 11) is 0. The quantitative estimate of drug-likeness (QED) is 0.487. The van der Waals surface area contributed by atoms with Crippen molar-refractivity contribution in [1.82, 2.24) is 0 Å². The van der Waals surface area contributed by atoms with Gasteiger partial charge in [-0.05, 0) is 69.5 Å². The first-order chi connectivity index (χ1) is 12.8. The maximum Gasteiger partial charge on any atom is -0.00550 e. The van der Waals surface area contributed by atoms with E-state index in [0.717, 1.165) is 12.8 Å². The highest BCUT2D eigenvalue weighted by Crippen LogP contribution is 2.40. The molecule has 27 heavy (non-hydrogen) atoms. The summed E-state index contributed by atoms with van der Waals surface area (Å²) in [5.74, 6) is 1.72. The van der Waals surface area contributed by atoms with Crippen molar-refractivity contribution >= 4 is 6.08 Å². The average molecular weight is 361 g/mol. The topological polar surface area (TPSA) is 0 Å². The number of fused-ring (bicyclic) bond motifs is 1. The van der Waals surface area contributed by atoms with Crippen molar-refractivity contribution in [2.45, 2.75) is 79.6 Å². The van der Waals surface area contributed by atoms with Gasteiger partial charge in [-0.1, -0.05) is 96.9 Å². The summed E-state index contributed by atoms with van der Waals surface area (Å²) >= 11 is 0. The van der Waals surface area contributed by atoms with E-state index in [0.29, 0.717) is 17.8 Å². The molecule has 0 saturated heterocycles. The lowest BCUT2D eigenvalue weighted by Gasteiger charge is -2.19. The molecule has 2 aromatic carbocycles. The number of hydrogen-bond donors (Lipinski definition) is 0. The molecule has 144 valence electrons. The number of aryl methyl sites for hydroxylation is 1. The number of benzene rings is 2. The Balaban J connectivity index is 2.26. The minimum absolute atomic E-state index is 0.551. The molecular formula is C27H36. The molecule has 0 heteroatoms. The zero-order valence-electron chi connectivity index (χ0n) is 18.3. The van der Waals surface area contributed by atoms with Gasteiger partial charge in [0.25, 0.3) is 0 Å². The van der Waals surface area contributed by atoms with Gasteiger partial charge in [-0.25, -0.2) is 0 Å². The fourth-order valence-corrected chi connectivity index (χ4v) is 4.16. The van der Waals surface area contributed by atoms with Crippen molar-refractivity contribution in [3.8, 4) is 11.1 Å². The fourth-order valence-electron chi connectivity index (χ4n) is 4.16. The van der Waals surface area contributed by atoms with Crippen molar-refractivity contribution < 1.29 is 0 Å². The second-order valence-electron chi connectivity index (χ2n) is 9.17. The van der Waals surface area contributed by atoms with E-state index < -0.39 is 0 Å². The molecular weight excluding hydrogens is 324 g/mol. The Kier molecular flexibility index (Phi) is 5.94. The van der Waals surface area contributed by atoms with E-state index >= 15 is 0 Å². The predicted octanol–water partition coefficient (Wildman–Crippen LogP) is 8.15. The first-order valence-electron chi connectivity index (χ1n) is 10.8. The van der Waals surface area contributed by atoms with E-state index in [9.17, 15) is 0 Å². The first kappa shape index (κ1) is 19.9. The maximum atomic E-state index is 2.49. The Labute approximate surface area is 166 Å². The Morgan fingerprint density at radius 1 is 0.815 bits per heavy atom. The molecule has 0 N–H and O–H groups in total. The summed E-state index contributed by atoms with van der Waals surface area (Å²) in [5.41, 5.74) is 11.9. The molecule has 2 aromatic rings. The van der Waals surface area contributed by atoms with E-state index in [4.69, 9.17) is 0 Å². The van der Waals surface area contributed by atoms with Crippen LogP contribution in [0.25, 0.3) is 17.2 Å². The minimum Gasteiger partial charge on any atom is -0.0651 e. The molecule has 3 rings (SSSR count). The maximum absolute atomic E-state index is 2.49. The smallest absolute Gasteiger partial charge is 0.00550 e. The fraction of sp³-hybridized carbons (Fsp3) is 0.481. The average Bonchev–Trinajstić information content (AvgIpc) is 3.05. The van der Waals surface area contributed by atoms with E-state index in [1.807, 2.05) is 0 Å². The second-order valence-corrected chi connectivity index (χ2v) is 9.17. The zero-order chi connectivity index (χ0) is 19.7. The Hall–Kier alpha value is -1.82. The molecule has 0 aromatic heterocycles. The summed E-state index contributed by atoms with van der Waals surface area (Å²) in [5, 5.41) is 0. The molecule has 1 aliphatic carbocycles. The van der Waals surface area contributed by atoms with E-state index in [2.05, 4.69) is 84.9 Å². The summed E-state index contributed by atoms with van der Waals surface area (Å²) in [6.45, 7) is 16.2. The third kappa shape index (κ3) is 4.05. The molecule has 0 saturated carbocycles. The van der Waals surface area contributed by atoms with Crippen LogP contribution in [-0.4, -0.2) is 0 Å². The molecule has 0 fully saturated rings. The number of allylic oxidation sites excluding steroid dienone is 1. The van der Waals surface area contributed by atoms with Crippen molar-refractivity contribution in [3.63, 3.8) is 0 Å². The summed E-state index contributed by atoms with van der Waals surface area (Å²) in [6.07, 6.45) is 5.95. The largest absolute Gasteiger partial charge is 0.0651 e. The minimum atomic E-state index is 0.551. The van der Waals surface area contributed by atoms with Crippen LogP contribution in [0.4, 0.5) is 0 Å². The lowest BCUT2D eigenvalue weighted by atomic mass is 9.86. The Morgan fingerprint density at radius 2 is 1.44 bits per heavy atom. The van der Waals surface area contributed by atoms with E-state index in [1.165, 1.54) is 45.4 Å². The molecule has 0 bridgehead atoms. The molecule has 0 radical (unpaired) electrons. The van der Waals surface area contributed by atoms with Crippen molar-refractivity contribution in [2.24, 2.45) is 5.92 Å². The molecule has 0 spiro atoms. The molecule has 0 aliphatic heterocycles. The summed E-state index contributed by atoms with van der Waals surface area (Å²) in [6, 6.07) is 12.1. The zero-order valence-corrected chi connectivity index (χ0v) is 18.3. The first-order valence-corrected chi connectivity index (χ1v) is 10.8. The highest BCUT2D eigenvalue weighted by atomic mass is 14.3. The third-order valence-electron chi connectivity index (χ3n) is 6.01. The Bertz CT molecular complexity index is 820. The van der Waals surface area contributed by atoms with Crippen molar-refractivity contribution in [2.75, 3.05) is 0 Å². The predicted molar refractivity (Wildman–Crippen MR) is 121 cm³/mol. The molecule has 0 nitrogen and oxygen atoms in total. The Morgan fingerprint density at radius 3 is 1.96 bits per heavy atom. The lowest BCUT2D eigenvalue weighted by Crippen LogP contribution is -1.99. The van der Waals surface area contributed by atoms with Crippen LogP contribution < -0.4 is 0 Å². The van der Waals surface area contributed by atoms with Crippen molar-refractivity contribution in [1.29, 1.82) is 0 Å². The van der Waals surface area contributed by atoms with Crippen LogP contribution in [0.15, 0.2) is 35.9 Å². The van der Waals surface area contributed by atoms with Crippen LogP contribution in [0.3, 0.4) is 0 Å². The van der Waals surface area contributed by atoms with Gasteiger partial charge in [0.05, 0.1) is 0 Å². The number of hydrogen-bond acceptors (Lipinski definition) is 0. The molecule has 0 unspecified atom stereocenters. The van der Waals surface area contributed by atoms with Crippen LogP contribution in [0, 0.1) is 5.92 Å². The van der Waals surface area contributed by atoms with Gasteiger partial charge in [0.2, 0.25) is 0 Å². The van der Waals surface area contributed by atoms with Gasteiger partial charge in [-0.2, -0.15) is 0 Å². The summed E-state index contributed by atoms with van der Waals surface area (Å²) < 4.78 is 0. The van der Waals surface area contributed by atoms with Crippen molar-refractivity contribution in [3.05, 3.63) is 63.7 Å². The highest BCUT2D eigenvalue weighted by molar-refractivity contribution is 5.84. The molecule has 0 amide bonds. The molecule has 0 atom stereocenters. The normalized spacial score (nSPS) is 13.6. The molecule has 0 heterocycles. The van der Waals surface area contributed by atoms with Gasteiger partial charge in [-0.15, -0.1) is 0 Å². The highest BCUT2D eigenvalue weighted by Gasteiger charge is 2.21. The standard InChI is InChI=1S/C27H36/c1-8-9-20-10-11-21-12-24(19(6)7)16-26(21)27(20)25-14-22(17(2)3)13-23(15-25)18(4)5/h10-11,13-19H,8-9,12H2,1-7H3. The molecule has 1 aliphatic rings. The van der Waals surface area contributed by atoms with Gasteiger partial charge < -0.3 is 0 Å². The second kappa shape index (κ2) is 8.05. The third-order valence-corrected chi connectivity index (χ3v) is 6.01. The van der Waals surface area contributed by atoms with Crippen LogP contribution in [0.1, 0.15) is 94.5 Å². The van der Waals surface area contributed by atoms with Gasteiger partial charge in [0.15, 0.2) is 0 Å². The van der Waals surface area contributed by atoms with Crippen LogP contribution >= 0.6 is 0 Å². The number of rotatable bonds is 6. The van der Waals surface area contributed by atoms with Gasteiger partial charge >= 0.3 is 0 Å². The lowest BCUT2D eigenvalue weighted by molar-refractivity contribution is 0.754. The van der Waals surface area contributed by atoms with Gasteiger partial charge in [0.1, 0.15) is 0 Å². The van der Waals surface area contributed by atoms with Crippen LogP contribution in [0.2, 0.25) is 0 Å². The summed E-state index contributed by atoms with van der Waals surface area (Å²) in [4.78, 5) is 0. The SMILES string of the molecule is CCCc1ccc2c(c1-c1cc(C(C)C)cc(C(C)C)c1)C=C(C(C)C)C2. The monoisotopic (exact) mass is 360 g/mol.